The van der Waals surface area contributed by atoms with Crippen LogP contribution in [0.3, 0.4) is 0 Å². The van der Waals surface area contributed by atoms with E-state index in [9.17, 15) is 9.59 Å². The largest absolute Gasteiger partial charge is 0.485 e. The van der Waals surface area contributed by atoms with Crippen molar-refractivity contribution in [2.45, 2.75) is 45.8 Å². The minimum atomic E-state index is -0.818. The Morgan fingerprint density at radius 3 is 2.71 bits per heavy atom. The monoisotopic (exact) mass is 328 g/mol. The summed E-state index contributed by atoms with van der Waals surface area (Å²) in [6.07, 6.45) is 1.87. The zero-order chi connectivity index (χ0) is 17.5. The molecule has 3 rings (SSSR count). The van der Waals surface area contributed by atoms with Gasteiger partial charge in [0.15, 0.2) is 0 Å². The van der Waals surface area contributed by atoms with Crippen LogP contribution in [0.25, 0.3) is 11.0 Å². The van der Waals surface area contributed by atoms with Gasteiger partial charge in [-0.2, -0.15) is 0 Å². The van der Waals surface area contributed by atoms with Crippen molar-refractivity contribution in [3.63, 3.8) is 0 Å². The number of allylic oxidation sites excluding steroid dienone is 1. The first-order chi connectivity index (χ1) is 11.3. The highest BCUT2D eigenvalue weighted by Crippen LogP contribution is 2.38. The van der Waals surface area contributed by atoms with E-state index in [2.05, 4.69) is 0 Å². The Balaban J connectivity index is 1.90. The van der Waals surface area contributed by atoms with Gasteiger partial charge in [-0.3, -0.25) is 0 Å². The third-order valence-corrected chi connectivity index (χ3v) is 4.39. The predicted molar refractivity (Wildman–Crippen MR) is 90.2 cm³/mol. The number of hydrogen-bond donors (Lipinski definition) is 0. The maximum atomic E-state index is 12.1. The minimum Gasteiger partial charge on any atom is -0.485 e. The molecular formula is C19H20O5. The molecular weight excluding hydrogens is 308 g/mol. The quantitative estimate of drug-likeness (QED) is 0.491. The lowest BCUT2D eigenvalue weighted by Crippen LogP contribution is -2.43. The van der Waals surface area contributed by atoms with E-state index in [0.29, 0.717) is 23.3 Å². The van der Waals surface area contributed by atoms with Gasteiger partial charge in [0.1, 0.15) is 23.0 Å². The molecule has 1 aromatic heterocycles. The molecule has 0 saturated carbocycles. The van der Waals surface area contributed by atoms with Crippen LogP contribution in [0.15, 0.2) is 45.1 Å². The normalized spacial score (nSPS) is 17.5. The number of benzene rings is 1. The van der Waals surface area contributed by atoms with Crippen LogP contribution in [0.4, 0.5) is 0 Å². The summed E-state index contributed by atoms with van der Waals surface area (Å²) in [6.45, 7) is 7.15. The topological polar surface area (TPSA) is 65.7 Å². The van der Waals surface area contributed by atoms with Crippen LogP contribution < -0.4 is 10.4 Å². The van der Waals surface area contributed by atoms with E-state index in [4.69, 9.17) is 13.9 Å². The van der Waals surface area contributed by atoms with Gasteiger partial charge in [0.25, 0.3) is 0 Å². The van der Waals surface area contributed by atoms with Crippen molar-refractivity contribution in [3.05, 3.63) is 51.9 Å². The Morgan fingerprint density at radius 1 is 1.29 bits per heavy atom. The molecule has 0 fully saturated rings. The molecule has 1 aliphatic heterocycles. The molecule has 0 bridgehead atoms. The fraction of sp³-hybridized carbons (Fsp3) is 0.368. The lowest BCUT2D eigenvalue weighted by molar-refractivity contribution is -0.159. The van der Waals surface area contributed by atoms with Gasteiger partial charge in [-0.25, -0.2) is 9.59 Å². The molecule has 2 aromatic rings. The molecule has 1 aromatic carbocycles. The molecule has 2 heterocycles. The van der Waals surface area contributed by atoms with Crippen LogP contribution >= 0.6 is 0 Å². The zero-order valence-electron chi connectivity index (χ0n) is 14.2. The van der Waals surface area contributed by atoms with Crippen LogP contribution in [0.5, 0.6) is 5.75 Å². The van der Waals surface area contributed by atoms with Crippen molar-refractivity contribution < 1.29 is 18.7 Å². The molecule has 1 atom stereocenters. The molecule has 0 radical (unpaired) electrons. The van der Waals surface area contributed by atoms with Crippen LogP contribution in [-0.4, -0.2) is 17.7 Å². The van der Waals surface area contributed by atoms with E-state index in [1.807, 2.05) is 26.0 Å². The van der Waals surface area contributed by atoms with Crippen molar-refractivity contribution in [1.82, 2.24) is 0 Å². The third kappa shape index (κ3) is 2.82. The van der Waals surface area contributed by atoms with Crippen LogP contribution in [0.2, 0.25) is 0 Å². The van der Waals surface area contributed by atoms with Crippen LogP contribution in [0, 0.1) is 0 Å². The van der Waals surface area contributed by atoms with Crippen molar-refractivity contribution in [2.24, 2.45) is 0 Å². The summed E-state index contributed by atoms with van der Waals surface area (Å²) in [7, 11) is 0. The molecule has 0 N–H and O–H groups in total. The number of carbonyl (C=O) groups excluding carboxylic acids is 1. The lowest BCUT2D eigenvalue weighted by Gasteiger charge is -2.30. The maximum absolute atomic E-state index is 12.1. The molecule has 0 spiro atoms. The number of hydrogen-bond acceptors (Lipinski definition) is 5. The van der Waals surface area contributed by atoms with Crippen molar-refractivity contribution in [3.8, 4) is 5.75 Å². The highest BCUT2D eigenvalue weighted by molar-refractivity contribution is 5.88. The van der Waals surface area contributed by atoms with Crippen molar-refractivity contribution >= 4 is 16.9 Å². The summed E-state index contributed by atoms with van der Waals surface area (Å²) >= 11 is 0. The molecule has 0 unspecified atom stereocenters. The van der Waals surface area contributed by atoms with E-state index < -0.39 is 11.2 Å². The molecule has 1 aliphatic rings. The maximum Gasteiger partial charge on any atom is 0.336 e. The molecule has 0 saturated heterocycles. The Morgan fingerprint density at radius 2 is 2.00 bits per heavy atom. The van der Waals surface area contributed by atoms with Gasteiger partial charge in [0.05, 0.1) is 0 Å². The fourth-order valence-electron chi connectivity index (χ4n) is 2.75. The van der Waals surface area contributed by atoms with E-state index >= 15 is 0 Å². The van der Waals surface area contributed by atoms with E-state index in [1.165, 1.54) is 6.07 Å². The minimum absolute atomic E-state index is 0.350. The summed E-state index contributed by atoms with van der Waals surface area (Å²) in [6, 6.07) is 6.83. The van der Waals surface area contributed by atoms with E-state index in [-0.39, 0.29) is 12.1 Å². The number of carbonyl (C=O) groups is 1. The Hall–Kier alpha value is -2.56. The Kier molecular flexibility index (Phi) is 3.95. The third-order valence-electron chi connectivity index (χ3n) is 4.39. The smallest absolute Gasteiger partial charge is 0.336 e. The molecule has 5 heteroatoms. The highest BCUT2D eigenvalue weighted by atomic mass is 16.6. The highest BCUT2D eigenvalue weighted by Gasteiger charge is 2.40. The fourth-order valence-corrected chi connectivity index (χ4v) is 2.75. The average molecular weight is 328 g/mol. The van der Waals surface area contributed by atoms with Gasteiger partial charge in [-0.15, -0.1) is 0 Å². The second-order valence-corrected chi connectivity index (χ2v) is 6.49. The number of rotatable bonds is 3. The molecule has 0 amide bonds. The Labute approximate surface area is 139 Å². The van der Waals surface area contributed by atoms with Gasteiger partial charge in [-0.05, 0) is 45.9 Å². The second-order valence-electron chi connectivity index (χ2n) is 6.49. The van der Waals surface area contributed by atoms with Gasteiger partial charge < -0.3 is 13.9 Å². The summed E-state index contributed by atoms with van der Waals surface area (Å²) in [5.41, 5.74) is 0.710. The zero-order valence-corrected chi connectivity index (χ0v) is 14.2. The summed E-state index contributed by atoms with van der Waals surface area (Å²) in [5.74, 6) is 0.298. The first-order valence-electron chi connectivity index (χ1n) is 7.90. The SMILES string of the molecule is C/C=C(/C)C(=O)OC(C)(C)[C@@H]1Cc2c(ccc3ccc(=O)oc23)O1. The predicted octanol–water partition coefficient (Wildman–Crippen LogP) is 3.38. The van der Waals surface area contributed by atoms with Gasteiger partial charge in [0, 0.05) is 29.0 Å². The van der Waals surface area contributed by atoms with Gasteiger partial charge in [-0.1, -0.05) is 6.08 Å². The molecule has 5 nitrogen and oxygen atoms in total. The van der Waals surface area contributed by atoms with E-state index in [1.54, 1.807) is 26.0 Å². The van der Waals surface area contributed by atoms with Gasteiger partial charge >= 0.3 is 11.6 Å². The number of fused-ring (bicyclic) bond motifs is 3. The first-order valence-corrected chi connectivity index (χ1v) is 7.90. The average Bonchev–Trinajstić information content (AvgIpc) is 2.99. The second kappa shape index (κ2) is 5.82. The number of ether oxygens (including phenoxy) is 2. The first kappa shape index (κ1) is 16.3. The summed E-state index contributed by atoms with van der Waals surface area (Å²) < 4.78 is 16.9. The van der Waals surface area contributed by atoms with Gasteiger partial charge in [0.2, 0.25) is 0 Å². The van der Waals surface area contributed by atoms with E-state index in [0.717, 1.165) is 10.9 Å². The summed E-state index contributed by atoms with van der Waals surface area (Å²) in [5, 5.41) is 0.845. The van der Waals surface area contributed by atoms with Crippen molar-refractivity contribution in [1.29, 1.82) is 0 Å². The molecule has 0 aliphatic carbocycles. The molecule has 24 heavy (non-hydrogen) atoms. The van der Waals surface area contributed by atoms with Crippen LogP contribution in [-0.2, 0) is 16.0 Å². The van der Waals surface area contributed by atoms with Crippen LogP contribution in [0.1, 0.15) is 33.3 Å². The molecule has 126 valence electrons. The summed E-state index contributed by atoms with van der Waals surface area (Å²) in [4.78, 5) is 23.6. The van der Waals surface area contributed by atoms with Crippen molar-refractivity contribution in [2.75, 3.05) is 0 Å². The lowest BCUT2D eigenvalue weighted by atomic mass is 9.96. The number of esters is 1. The standard InChI is InChI=1S/C19H20O5/c1-5-11(2)18(21)24-19(3,4)15-10-13-14(22-15)8-6-12-7-9-16(20)23-17(12)13/h5-9,15H,10H2,1-4H3/b11-5-/t15-/m0/s1. The Bertz CT molecular complexity index is 888.